The molecule has 0 N–H and O–H groups in total. The Balaban J connectivity index is 2.21. The number of rotatable bonds is 3. The van der Waals surface area contributed by atoms with Crippen LogP contribution in [0, 0.1) is 5.82 Å². The first-order valence-corrected chi connectivity index (χ1v) is 5.19. The van der Waals surface area contributed by atoms with E-state index in [4.69, 9.17) is 0 Å². The molecule has 4 nitrogen and oxygen atoms in total. The zero-order valence-corrected chi connectivity index (χ0v) is 9.57. The lowest BCUT2D eigenvalue weighted by molar-refractivity contribution is 0.0984. The van der Waals surface area contributed by atoms with Gasteiger partial charge in [-0.1, -0.05) is 5.16 Å². The van der Waals surface area contributed by atoms with Crippen LogP contribution < -0.4 is 0 Å². The van der Waals surface area contributed by atoms with Gasteiger partial charge in [-0.3, -0.25) is 4.79 Å². The van der Waals surface area contributed by atoms with Crippen molar-refractivity contribution in [2.24, 2.45) is 0 Å². The van der Waals surface area contributed by atoms with Crippen LogP contribution in [-0.2, 0) is 6.42 Å². The predicted octanol–water partition coefficient (Wildman–Crippen LogP) is 2.40. The van der Waals surface area contributed by atoms with Crippen molar-refractivity contribution in [1.29, 1.82) is 0 Å². The lowest BCUT2D eigenvalue weighted by Crippen LogP contribution is -2.05. The van der Waals surface area contributed by atoms with Gasteiger partial charge >= 0.3 is 0 Å². The van der Waals surface area contributed by atoms with E-state index in [0.717, 1.165) is 6.20 Å². The van der Waals surface area contributed by atoms with Crippen molar-refractivity contribution in [3.8, 4) is 0 Å². The van der Waals surface area contributed by atoms with E-state index in [0.29, 0.717) is 10.2 Å². The van der Waals surface area contributed by atoms with E-state index in [2.05, 4.69) is 30.6 Å². The summed E-state index contributed by atoms with van der Waals surface area (Å²) >= 11 is 3.15. The zero-order valence-electron chi connectivity index (χ0n) is 7.98. The minimum atomic E-state index is -0.480. The summed E-state index contributed by atoms with van der Waals surface area (Å²) in [6.07, 6.45) is 2.41. The van der Waals surface area contributed by atoms with Crippen molar-refractivity contribution in [1.82, 2.24) is 10.1 Å². The molecule has 0 aliphatic carbocycles. The molecule has 2 aromatic rings. The molecular formula is C10H6BrFN2O2. The molecule has 0 amide bonds. The topological polar surface area (TPSA) is 56.0 Å². The number of carbonyl (C=O) groups excluding carboxylic acids is 1. The molecular weight excluding hydrogens is 279 g/mol. The first-order chi connectivity index (χ1) is 7.66. The highest BCUT2D eigenvalue weighted by atomic mass is 79.9. The monoisotopic (exact) mass is 284 g/mol. The average molecular weight is 285 g/mol. The van der Waals surface area contributed by atoms with E-state index in [1.807, 2.05) is 0 Å². The number of nitrogens with zero attached hydrogens (tertiary/aromatic N) is 2. The molecule has 2 rings (SSSR count). The molecule has 0 radical (unpaired) electrons. The van der Waals surface area contributed by atoms with E-state index in [-0.39, 0.29) is 17.9 Å². The Hall–Kier alpha value is -1.56. The molecule has 0 unspecified atom stereocenters. The fourth-order valence-corrected chi connectivity index (χ4v) is 1.57. The summed E-state index contributed by atoms with van der Waals surface area (Å²) in [7, 11) is 0. The van der Waals surface area contributed by atoms with Crippen LogP contribution in [0.3, 0.4) is 0 Å². The van der Waals surface area contributed by atoms with Crippen LogP contribution in [-0.4, -0.2) is 15.9 Å². The van der Waals surface area contributed by atoms with Gasteiger partial charge in [0.15, 0.2) is 5.78 Å². The summed E-state index contributed by atoms with van der Waals surface area (Å²) in [5, 5.41) is 3.51. The quantitative estimate of drug-likeness (QED) is 0.642. The second-order valence-electron chi connectivity index (χ2n) is 3.09. The van der Waals surface area contributed by atoms with E-state index >= 15 is 0 Å². The number of aromatic nitrogens is 2. The third kappa shape index (κ3) is 2.33. The average Bonchev–Trinajstić information content (AvgIpc) is 2.76. The molecule has 82 valence electrons. The summed E-state index contributed by atoms with van der Waals surface area (Å²) in [6.45, 7) is 0. The second-order valence-corrected chi connectivity index (χ2v) is 3.84. The van der Waals surface area contributed by atoms with Gasteiger partial charge < -0.3 is 4.52 Å². The molecule has 0 bridgehead atoms. The molecule has 2 heterocycles. The highest BCUT2D eigenvalue weighted by Gasteiger charge is 2.13. The van der Waals surface area contributed by atoms with Gasteiger partial charge in [0, 0.05) is 12.5 Å². The van der Waals surface area contributed by atoms with Gasteiger partial charge in [-0.25, -0.2) is 9.37 Å². The van der Waals surface area contributed by atoms with Crippen LogP contribution in [0.1, 0.15) is 16.1 Å². The molecule has 2 aromatic heterocycles. The maximum Gasteiger partial charge on any atom is 0.189 e. The zero-order chi connectivity index (χ0) is 11.5. The van der Waals surface area contributed by atoms with Gasteiger partial charge in [-0.2, -0.15) is 0 Å². The number of pyridine rings is 1. The molecule has 16 heavy (non-hydrogen) atoms. The standard InChI is InChI=1S/C10H6BrFN2O2/c11-10-6(3-7(12)5-13-10)4-9(15)8-1-2-16-14-8/h1-3,5H,4H2. The molecule has 0 aromatic carbocycles. The Morgan fingerprint density at radius 3 is 3.06 bits per heavy atom. The predicted molar refractivity (Wildman–Crippen MR) is 56.4 cm³/mol. The Bertz CT molecular complexity index is 514. The lowest BCUT2D eigenvalue weighted by atomic mass is 10.1. The summed E-state index contributed by atoms with van der Waals surface area (Å²) in [4.78, 5) is 15.4. The number of halogens is 2. The molecule has 0 spiro atoms. The van der Waals surface area contributed by atoms with Gasteiger partial charge in [-0.15, -0.1) is 0 Å². The summed E-state index contributed by atoms with van der Waals surface area (Å²) in [6, 6.07) is 2.72. The largest absolute Gasteiger partial charge is 0.364 e. The smallest absolute Gasteiger partial charge is 0.189 e. The minimum absolute atomic E-state index is 0.0257. The summed E-state index contributed by atoms with van der Waals surface area (Å²) < 4.78 is 17.9. The maximum atomic E-state index is 12.9. The number of Topliss-reactive ketones (excluding diaryl/α,β-unsaturated/α-hetero) is 1. The fraction of sp³-hybridized carbons (Fsp3) is 0.100. The van der Waals surface area contributed by atoms with Crippen molar-refractivity contribution in [3.63, 3.8) is 0 Å². The third-order valence-electron chi connectivity index (χ3n) is 1.95. The lowest BCUT2D eigenvalue weighted by Gasteiger charge is -2.01. The minimum Gasteiger partial charge on any atom is -0.364 e. The summed E-state index contributed by atoms with van der Waals surface area (Å²) in [5.74, 6) is -0.729. The molecule has 0 atom stereocenters. The fourth-order valence-electron chi connectivity index (χ4n) is 1.21. The molecule has 0 fully saturated rings. The van der Waals surface area contributed by atoms with Crippen LogP contribution in [0.25, 0.3) is 0 Å². The Labute approximate surface area is 98.6 Å². The van der Waals surface area contributed by atoms with Crippen LogP contribution >= 0.6 is 15.9 Å². The maximum absolute atomic E-state index is 12.9. The van der Waals surface area contributed by atoms with Crippen LogP contribution in [0.4, 0.5) is 4.39 Å². The number of hydrogen-bond donors (Lipinski definition) is 0. The van der Waals surface area contributed by atoms with Crippen molar-refractivity contribution in [3.05, 3.63) is 46.3 Å². The highest BCUT2D eigenvalue weighted by Crippen LogP contribution is 2.16. The van der Waals surface area contributed by atoms with Crippen LogP contribution in [0.2, 0.25) is 0 Å². The summed E-state index contributed by atoms with van der Waals surface area (Å²) in [5.41, 5.74) is 0.698. The first kappa shape index (κ1) is 10.9. The number of hydrogen-bond acceptors (Lipinski definition) is 4. The number of carbonyl (C=O) groups is 1. The van der Waals surface area contributed by atoms with Gasteiger partial charge in [0.1, 0.15) is 22.4 Å². The SMILES string of the molecule is O=C(Cc1cc(F)cnc1Br)c1ccon1. The molecule has 0 aliphatic rings. The Kier molecular flexibility index (Phi) is 3.09. The van der Waals surface area contributed by atoms with Gasteiger partial charge in [0.05, 0.1) is 6.20 Å². The number of ketones is 1. The second kappa shape index (κ2) is 4.52. The Morgan fingerprint density at radius 1 is 1.56 bits per heavy atom. The van der Waals surface area contributed by atoms with Crippen molar-refractivity contribution >= 4 is 21.7 Å². The van der Waals surface area contributed by atoms with Gasteiger partial charge in [-0.05, 0) is 27.6 Å². The van der Waals surface area contributed by atoms with E-state index < -0.39 is 5.82 Å². The van der Waals surface area contributed by atoms with Crippen molar-refractivity contribution in [2.45, 2.75) is 6.42 Å². The normalized spacial score (nSPS) is 10.4. The van der Waals surface area contributed by atoms with E-state index in [1.165, 1.54) is 18.4 Å². The van der Waals surface area contributed by atoms with Crippen molar-refractivity contribution in [2.75, 3.05) is 0 Å². The van der Waals surface area contributed by atoms with Gasteiger partial charge in [0.2, 0.25) is 0 Å². The van der Waals surface area contributed by atoms with Gasteiger partial charge in [0.25, 0.3) is 0 Å². The molecule has 0 aliphatic heterocycles. The molecule has 0 saturated carbocycles. The van der Waals surface area contributed by atoms with Crippen LogP contribution in [0.5, 0.6) is 0 Å². The third-order valence-corrected chi connectivity index (χ3v) is 2.67. The molecule has 6 heteroatoms. The highest BCUT2D eigenvalue weighted by molar-refractivity contribution is 9.10. The van der Waals surface area contributed by atoms with Crippen molar-refractivity contribution < 1.29 is 13.7 Å². The van der Waals surface area contributed by atoms with E-state index in [9.17, 15) is 9.18 Å². The Morgan fingerprint density at radius 2 is 2.38 bits per heavy atom. The van der Waals surface area contributed by atoms with Crippen LogP contribution in [0.15, 0.2) is 33.7 Å². The molecule has 0 saturated heterocycles. The van der Waals surface area contributed by atoms with E-state index in [1.54, 1.807) is 0 Å². The first-order valence-electron chi connectivity index (χ1n) is 4.40.